The first-order valence-electron chi connectivity index (χ1n) is 11.7. The highest BCUT2D eigenvalue weighted by molar-refractivity contribution is 8.18. The Labute approximate surface area is 240 Å². The van der Waals surface area contributed by atoms with Crippen LogP contribution in [0.25, 0.3) is 6.08 Å². The second-order valence-corrected chi connectivity index (χ2v) is 12.3. The van der Waals surface area contributed by atoms with Crippen LogP contribution in [0.2, 0.25) is 10.0 Å². The van der Waals surface area contributed by atoms with Gasteiger partial charge in [-0.2, -0.15) is 4.31 Å². The number of carbonyl (C=O) groups is 3. The van der Waals surface area contributed by atoms with Crippen molar-refractivity contribution < 1.29 is 22.8 Å². The minimum absolute atomic E-state index is 0.000852. The van der Waals surface area contributed by atoms with E-state index in [-0.39, 0.29) is 29.4 Å². The molecule has 0 spiro atoms. The smallest absolute Gasteiger partial charge is 0.293 e. The highest BCUT2D eigenvalue weighted by Gasteiger charge is 2.35. The van der Waals surface area contributed by atoms with Crippen molar-refractivity contribution in [2.24, 2.45) is 0 Å². The molecule has 0 bridgehead atoms. The van der Waals surface area contributed by atoms with Crippen molar-refractivity contribution in [2.45, 2.75) is 11.4 Å². The first-order valence-corrected chi connectivity index (χ1v) is 14.7. The average molecular weight is 605 g/mol. The third-order valence-corrected chi connectivity index (χ3v) is 8.89. The first-order chi connectivity index (χ1) is 18.6. The lowest BCUT2D eigenvalue weighted by atomic mass is 10.2. The molecule has 202 valence electrons. The Morgan fingerprint density at radius 2 is 1.54 bits per heavy atom. The highest BCUT2D eigenvalue weighted by atomic mass is 35.5. The van der Waals surface area contributed by atoms with Gasteiger partial charge < -0.3 is 5.32 Å². The van der Waals surface area contributed by atoms with E-state index in [9.17, 15) is 22.8 Å². The number of thioether (sulfide) groups is 1. The number of halogens is 2. The van der Waals surface area contributed by atoms with Crippen molar-refractivity contribution in [2.75, 3.05) is 19.6 Å². The van der Waals surface area contributed by atoms with E-state index in [2.05, 4.69) is 5.32 Å². The molecule has 1 heterocycles. The molecule has 3 amide bonds. The predicted molar refractivity (Wildman–Crippen MR) is 153 cm³/mol. The van der Waals surface area contributed by atoms with Gasteiger partial charge in [0.2, 0.25) is 15.9 Å². The monoisotopic (exact) mass is 603 g/mol. The van der Waals surface area contributed by atoms with Crippen LogP contribution >= 0.6 is 35.0 Å². The predicted octanol–water partition coefficient (Wildman–Crippen LogP) is 5.04. The zero-order valence-corrected chi connectivity index (χ0v) is 23.6. The Balaban J connectivity index is 1.40. The Hall–Kier alpha value is -3.15. The maximum atomic E-state index is 13.3. The number of imide groups is 1. The van der Waals surface area contributed by atoms with E-state index in [0.29, 0.717) is 15.6 Å². The maximum absolute atomic E-state index is 13.3. The summed E-state index contributed by atoms with van der Waals surface area (Å²) in [5.74, 6) is -1.04. The molecule has 8 nitrogen and oxygen atoms in total. The molecule has 0 atom stereocenters. The fourth-order valence-corrected chi connectivity index (χ4v) is 6.20. The van der Waals surface area contributed by atoms with Crippen LogP contribution in [0.5, 0.6) is 0 Å². The van der Waals surface area contributed by atoms with Crippen LogP contribution < -0.4 is 5.32 Å². The molecule has 0 aromatic heterocycles. The minimum atomic E-state index is -4.03. The van der Waals surface area contributed by atoms with Gasteiger partial charge in [0.15, 0.2) is 0 Å². The van der Waals surface area contributed by atoms with Crippen LogP contribution in [0.1, 0.15) is 11.1 Å². The molecule has 0 radical (unpaired) electrons. The Morgan fingerprint density at radius 3 is 2.18 bits per heavy atom. The summed E-state index contributed by atoms with van der Waals surface area (Å²) in [4.78, 5) is 39.2. The van der Waals surface area contributed by atoms with Gasteiger partial charge in [0, 0.05) is 29.7 Å². The van der Waals surface area contributed by atoms with Crippen LogP contribution in [0.4, 0.5) is 4.79 Å². The molecule has 39 heavy (non-hydrogen) atoms. The summed E-state index contributed by atoms with van der Waals surface area (Å²) >= 11 is 12.6. The van der Waals surface area contributed by atoms with Gasteiger partial charge in [-0.3, -0.25) is 19.3 Å². The van der Waals surface area contributed by atoms with Gasteiger partial charge in [0.25, 0.3) is 11.1 Å². The van der Waals surface area contributed by atoms with Gasteiger partial charge >= 0.3 is 0 Å². The van der Waals surface area contributed by atoms with Gasteiger partial charge in [-0.15, -0.1) is 0 Å². The van der Waals surface area contributed by atoms with Gasteiger partial charge in [-0.1, -0.05) is 65.7 Å². The fourth-order valence-electron chi connectivity index (χ4n) is 3.69. The van der Waals surface area contributed by atoms with Crippen LogP contribution in [0.3, 0.4) is 0 Å². The molecule has 0 saturated carbocycles. The molecule has 1 aliphatic rings. The third kappa shape index (κ3) is 7.49. The fraction of sp³-hybridized carbons (Fsp3) is 0.148. The first kappa shape index (κ1) is 28.8. The maximum Gasteiger partial charge on any atom is 0.293 e. The van der Waals surface area contributed by atoms with Crippen LogP contribution in [-0.2, 0) is 26.2 Å². The molecule has 12 heteroatoms. The lowest BCUT2D eigenvalue weighted by Gasteiger charge is -2.22. The lowest BCUT2D eigenvalue weighted by Crippen LogP contribution is -2.43. The minimum Gasteiger partial charge on any atom is -0.353 e. The van der Waals surface area contributed by atoms with Gasteiger partial charge in [0.05, 0.1) is 16.3 Å². The topological polar surface area (TPSA) is 104 Å². The zero-order chi connectivity index (χ0) is 28.0. The number of benzene rings is 3. The molecule has 0 aliphatic carbocycles. The number of sulfonamides is 1. The van der Waals surface area contributed by atoms with Crippen molar-refractivity contribution >= 4 is 68.1 Å². The number of nitrogens with zero attached hydrogens (tertiary/aromatic N) is 2. The van der Waals surface area contributed by atoms with E-state index in [0.717, 1.165) is 26.5 Å². The van der Waals surface area contributed by atoms with Gasteiger partial charge in [-0.25, -0.2) is 8.42 Å². The summed E-state index contributed by atoms with van der Waals surface area (Å²) in [6.45, 7) is -0.585. The molecule has 3 aromatic carbocycles. The molecule has 4 rings (SSSR count). The number of amides is 3. The molecule has 1 aliphatic heterocycles. The van der Waals surface area contributed by atoms with Crippen molar-refractivity contribution in [1.82, 2.24) is 14.5 Å². The van der Waals surface area contributed by atoms with Crippen molar-refractivity contribution in [1.29, 1.82) is 0 Å². The summed E-state index contributed by atoms with van der Waals surface area (Å²) in [6, 6.07) is 21.4. The standard InChI is InChI=1S/C27H23Cl2N3O5S2/c28-21-8-6-19(7-9-21)16-24-26(34)32(27(35)38-24)15-14-30-25(33)18-31(17-20-4-2-1-3-5-20)39(36,37)23-12-10-22(29)11-13-23/h1-13,16H,14-15,17-18H2,(H,30,33)/b24-16+. The number of hydrogen-bond donors (Lipinski definition) is 1. The summed E-state index contributed by atoms with van der Waals surface area (Å²) < 4.78 is 27.8. The molecule has 1 N–H and O–H groups in total. The summed E-state index contributed by atoms with van der Waals surface area (Å²) in [5, 5.41) is 3.10. The molecule has 3 aromatic rings. The molecular formula is C27H23Cl2N3O5S2. The number of carbonyl (C=O) groups excluding carboxylic acids is 3. The van der Waals surface area contributed by atoms with E-state index >= 15 is 0 Å². The zero-order valence-electron chi connectivity index (χ0n) is 20.4. The van der Waals surface area contributed by atoms with Gasteiger partial charge in [0.1, 0.15) is 0 Å². The Kier molecular flexibility index (Phi) is 9.47. The van der Waals surface area contributed by atoms with Crippen LogP contribution in [0.15, 0.2) is 88.7 Å². The van der Waals surface area contributed by atoms with E-state index in [1.54, 1.807) is 54.6 Å². The van der Waals surface area contributed by atoms with Crippen LogP contribution in [0, 0.1) is 0 Å². The average Bonchev–Trinajstić information content (AvgIpc) is 3.17. The van der Waals surface area contributed by atoms with E-state index in [1.807, 2.05) is 6.07 Å². The van der Waals surface area contributed by atoms with E-state index in [1.165, 1.54) is 24.3 Å². The molecule has 1 fully saturated rings. The largest absolute Gasteiger partial charge is 0.353 e. The van der Waals surface area contributed by atoms with E-state index in [4.69, 9.17) is 23.2 Å². The molecule has 1 saturated heterocycles. The lowest BCUT2D eigenvalue weighted by molar-refractivity contribution is -0.124. The highest BCUT2D eigenvalue weighted by Crippen LogP contribution is 2.32. The summed E-state index contributed by atoms with van der Waals surface area (Å²) in [6.07, 6.45) is 1.60. The quantitative estimate of drug-likeness (QED) is 0.326. The second kappa shape index (κ2) is 12.8. The molecule has 0 unspecified atom stereocenters. The van der Waals surface area contributed by atoms with Gasteiger partial charge in [-0.05, 0) is 65.4 Å². The number of nitrogens with one attached hydrogen (secondary N) is 1. The normalized spacial score (nSPS) is 14.8. The van der Waals surface area contributed by atoms with Crippen molar-refractivity contribution in [3.8, 4) is 0 Å². The van der Waals surface area contributed by atoms with Crippen molar-refractivity contribution in [3.63, 3.8) is 0 Å². The summed E-state index contributed by atoms with van der Waals surface area (Å²) in [7, 11) is -4.03. The van der Waals surface area contributed by atoms with Crippen LogP contribution in [-0.4, -0.2) is 54.3 Å². The van der Waals surface area contributed by atoms with Crippen molar-refractivity contribution in [3.05, 3.63) is 105 Å². The second-order valence-electron chi connectivity index (χ2n) is 8.45. The number of hydrogen-bond acceptors (Lipinski definition) is 6. The molecular weight excluding hydrogens is 581 g/mol. The Morgan fingerprint density at radius 1 is 0.923 bits per heavy atom. The SMILES string of the molecule is O=C(CN(Cc1ccccc1)S(=O)(=O)c1ccc(Cl)cc1)NCCN1C(=O)S/C(=C/c2ccc(Cl)cc2)C1=O. The number of rotatable bonds is 10. The van der Waals surface area contributed by atoms with E-state index < -0.39 is 33.6 Å². The third-order valence-electron chi connectivity index (χ3n) is 5.67. The Bertz CT molecular complexity index is 1500. The summed E-state index contributed by atoms with van der Waals surface area (Å²) in [5.41, 5.74) is 1.42.